The summed E-state index contributed by atoms with van der Waals surface area (Å²) in [5.41, 5.74) is 1.84. The third-order valence-corrected chi connectivity index (χ3v) is 4.90. The number of rotatable bonds is 4. The van der Waals surface area contributed by atoms with E-state index in [9.17, 15) is 14.0 Å². The molecule has 1 aliphatic rings. The first-order valence-corrected chi connectivity index (χ1v) is 9.01. The van der Waals surface area contributed by atoms with Gasteiger partial charge in [-0.25, -0.2) is 9.18 Å². The molecule has 1 aliphatic heterocycles. The number of nitrogens with zero attached hydrogens (tertiary/aromatic N) is 2. The fourth-order valence-corrected chi connectivity index (χ4v) is 3.37. The summed E-state index contributed by atoms with van der Waals surface area (Å²) >= 11 is 6.29. The van der Waals surface area contributed by atoms with Gasteiger partial charge in [-0.3, -0.25) is 4.79 Å². The Balaban J connectivity index is 1.63. The normalized spacial score (nSPS) is 14.2. The van der Waals surface area contributed by atoms with Crippen LogP contribution in [0.1, 0.15) is 15.9 Å². The van der Waals surface area contributed by atoms with Crippen LogP contribution in [-0.4, -0.2) is 50.1 Å². The van der Waals surface area contributed by atoms with Gasteiger partial charge in [0.1, 0.15) is 5.82 Å². The average molecular weight is 391 g/mol. The van der Waals surface area contributed by atoms with E-state index in [0.29, 0.717) is 42.3 Å². The Morgan fingerprint density at radius 2 is 1.85 bits per heavy atom. The molecule has 27 heavy (non-hydrogen) atoms. The number of carbonyl (C=O) groups is 2. The Morgan fingerprint density at radius 1 is 1.11 bits per heavy atom. The molecule has 0 radical (unpaired) electrons. The van der Waals surface area contributed by atoms with Crippen LogP contribution >= 0.6 is 11.6 Å². The van der Waals surface area contributed by atoms with Gasteiger partial charge in [0, 0.05) is 26.2 Å². The minimum absolute atomic E-state index is 0.0327. The van der Waals surface area contributed by atoms with Crippen LogP contribution in [-0.2, 0) is 16.0 Å². The molecule has 0 spiro atoms. The third-order valence-electron chi connectivity index (χ3n) is 4.58. The van der Waals surface area contributed by atoms with Gasteiger partial charge >= 0.3 is 5.97 Å². The predicted octanol–water partition coefficient (Wildman–Crippen LogP) is 3.16. The van der Waals surface area contributed by atoms with E-state index in [-0.39, 0.29) is 18.1 Å². The average Bonchev–Trinajstić information content (AvgIpc) is 2.68. The number of esters is 1. The van der Waals surface area contributed by atoms with E-state index in [4.69, 9.17) is 16.3 Å². The van der Waals surface area contributed by atoms with Crippen LogP contribution in [0.5, 0.6) is 0 Å². The Kier molecular flexibility index (Phi) is 5.96. The Bertz CT molecular complexity index is 851. The molecule has 2 aromatic carbocycles. The minimum Gasteiger partial charge on any atom is -0.465 e. The van der Waals surface area contributed by atoms with Crippen LogP contribution in [0.2, 0.25) is 5.02 Å². The molecule has 0 atom stereocenters. The van der Waals surface area contributed by atoms with Gasteiger partial charge in [0.05, 0.1) is 29.8 Å². The van der Waals surface area contributed by atoms with Gasteiger partial charge < -0.3 is 14.5 Å². The fraction of sp³-hybridized carbons (Fsp3) is 0.300. The van der Waals surface area contributed by atoms with E-state index in [1.54, 1.807) is 35.2 Å². The Hall–Kier alpha value is -2.60. The summed E-state index contributed by atoms with van der Waals surface area (Å²) < 4.78 is 18.0. The zero-order valence-electron chi connectivity index (χ0n) is 15.0. The smallest absolute Gasteiger partial charge is 0.337 e. The standard InChI is InChI=1S/C20H20ClFN2O3/c1-27-20(26)15-5-6-17(21)18(13-15)23-7-9-24(10-8-23)19(25)12-14-3-2-4-16(22)11-14/h2-6,11,13H,7-10,12H2,1H3. The lowest BCUT2D eigenvalue weighted by atomic mass is 10.1. The molecule has 1 saturated heterocycles. The predicted molar refractivity (Wildman–Crippen MR) is 102 cm³/mol. The molecule has 5 nitrogen and oxygen atoms in total. The molecule has 2 aromatic rings. The number of anilines is 1. The van der Waals surface area contributed by atoms with Crippen molar-refractivity contribution in [3.05, 3.63) is 64.4 Å². The summed E-state index contributed by atoms with van der Waals surface area (Å²) in [6.07, 6.45) is 0.177. The number of halogens is 2. The molecule has 142 valence electrons. The molecule has 3 rings (SSSR count). The summed E-state index contributed by atoms with van der Waals surface area (Å²) in [7, 11) is 1.33. The molecule has 0 saturated carbocycles. The van der Waals surface area contributed by atoms with Gasteiger partial charge in [-0.15, -0.1) is 0 Å². The lowest BCUT2D eigenvalue weighted by Crippen LogP contribution is -2.49. The first kappa shape index (κ1) is 19.2. The second kappa shape index (κ2) is 8.39. The van der Waals surface area contributed by atoms with Gasteiger partial charge in [0.2, 0.25) is 5.91 Å². The molecule has 1 fully saturated rings. The number of ether oxygens (including phenoxy) is 1. The van der Waals surface area contributed by atoms with E-state index in [1.165, 1.54) is 19.2 Å². The van der Waals surface area contributed by atoms with Crippen molar-refractivity contribution in [3.63, 3.8) is 0 Å². The zero-order valence-corrected chi connectivity index (χ0v) is 15.7. The van der Waals surface area contributed by atoms with Gasteiger partial charge in [-0.2, -0.15) is 0 Å². The van der Waals surface area contributed by atoms with Crippen molar-refractivity contribution in [1.82, 2.24) is 4.90 Å². The van der Waals surface area contributed by atoms with E-state index >= 15 is 0 Å². The van der Waals surface area contributed by atoms with Gasteiger partial charge in [-0.1, -0.05) is 23.7 Å². The lowest BCUT2D eigenvalue weighted by molar-refractivity contribution is -0.130. The maximum absolute atomic E-state index is 13.3. The number of hydrogen-bond donors (Lipinski definition) is 0. The van der Waals surface area contributed by atoms with Crippen LogP contribution in [0.3, 0.4) is 0 Å². The molecule has 0 aliphatic carbocycles. The van der Waals surface area contributed by atoms with Crippen molar-refractivity contribution >= 4 is 29.2 Å². The topological polar surface area (TPSA) is 49.9 Å². The van der Waals surface area contributed by atoms with Crippen molar-refractivity contribution in [3.8, 4) is 0 Å². The molecule has 0 bridgehead atoms. The minimum atomic E-state index is -0.420. The molecule has 0 N–H and O–H groups in total. The first-order valence-electron chi connectivity index (χ1n) is 8.63. The van der Waals surface area contributed by atoms with E-state index in [0.717, 1.165) is 5.69 Å². The summed E-state index contributed by atoms with van der Waals surface area (Å²) in [5.74, 6) is -0.795. The highest BCUT2D eigenvalue weighted by atomic mass is 35.5. The molecule has 0 unspecified atom stereocenters. The van der Waals surface area contributed by atoms with Crippen LogP contribution in [0.15, 0.2) is 42.5 Å². The van der Waals surface area contributed by atoms with Crippen LogP contribution in [0, 0.1) is 5.82 Å². The highest BCUT2D eigenvalue weighted by Crippen LogP contribution is 2.28. The second-order valence-electron chi connectivity index (χ2n) is 6.33. The Morgan fingerprint density at radius 3 is 2.52 bits per heavy atom. The highest BCUT2D eigenvalue weighted by molar-refractivity contribution is 6.33. The maximum Gasteiger partial charge on any atom is 0.337 e. The molecular weight excluding hydrogens is 371 g/mol. The van der Waals surface area contributed by atoms with Crippen molar-refractivity contribution in [2.24, 2.45) is 0 Å². The number of benzene rings is 2. The van der Waals surface area contributed by atoms with Crippen LogP contribution < -0.4 is 4.90 Å². The third kappa shape index (κ3) is 4.57. The summed E-state index contributed by atoms with van der Waals surface area (Å²) in [6.45, 7) is 2.26. The summed E-state index contributed by atoms with van der Waals surface area (Å²) in [6, 6.07) is 11.1. The van der Waals surface area contributed by atoms with Crippen LogP contribution in [0.4, 0.5) is 10.1 Å². The number of piperazine rings is 1. The number of carbonyl (C=O) groups excluding carboxylic acids is 2. The van der Waals surface area contributed by atoms with Crippen molar-refractivity contribution in [2.45, 2.75) is 6.42 Å². The van der Waals surface area contributed by atoms with Crippen molar-refractivity contribution < 1.29 is 18.7 Å². The molecular formula is C20H20ClFN2O3. The van der Waals surface area contributed by atoms with Gasteiger partial charge in [-0.05, 0) is 35.9 Å². The van der Waals surface area contributed by atoms with E-state index in [2.05, 4.69) is 0 Å². The maximum atomic E-state index is 13.3. The first-order chi connectivity index (χ1) is 13.0. The fourth-order valence-electron chi connectivity index (χ4n) is 3.13. The van der Waals surface area contributed by atoms with Crippen molar-refractivity contribution in [1.29, 1.82) is 0 Å². The van der Waals surface area contributed by atoms with Crippen molar-refractivity contribution in [2.75, 3.05) is 38.2 Å². The van der Waals surface area contributed by atoms with Gasteiger partial charge in [0.15, 0.2) is 0 Å². The largest absolute Gasteiger partial charge is 0.465 e. The highest BCUT2D eigenvalue weighted by Gasteiger charge is 2.23. The monoisotopic (exact) mass is 390 g/mol. The number of methoxy groups -OCH3 is 1. The quantitative estimate of drug-likeness (QED) is 0.752. The van der Waals surface area contributed by atoms with Crippen LogP contribution in [0.25, 0.3) is 0 Å². The van der Waals surface area contributed by atoms with E-state index < -0.39 is 5.97 Å². The molecule has 7 heteroatoms. The zero-order chi connectivity index (χ0) is 19.4. The molecule has 0 aromatic heterocycles. The SMILES string of the molecule is COC(=O)c1ccc(Cl)c(N2CCN(C(=O)Cc3cccc(F)c3)CC2)c1. The van der Waals surface area contributed by atoms with E-state index in [1.807, 2.05) is 4.90 Å². The summed E-state index contributed by atoms with van der Waals surface area (Å²) in [4.78, 5) is 28.0. The molecule has 1 amide bonds. The second-order valence-corrected chi connectivity index (χ2v) is 6.74. The number of amides is 1. The van der Waals surface area contributed by atoms with Gasteiger partial charge in [0.25, 0.3) is 0 Å². The summed E-state index contributed by atoms with van der Waals surface area (Å²) in [5, 5.41) is 0.544. The number of hydrogen-bond acceptors (Lipinski definition) is 4. The molecule has 1 heterocycles. The lowest BCUT2D eigenvalue weighted by Gasteiger charge is -2.36. The Labute approximate surface area is 162 Å².